The van der Waals surface area contributed by atoms with Gasteiger partial charge in [-0.15, -0.1) is 0 Å². The normalized spacial score (nSPS) is 12.3. The highest BCUT2D eigenvalue weighted by atomic mass is 32.1. The Morgan fingerprint density at radius 3 is 2.89 bits per heavy atom. The number of hydrogen-bond donors (Lipinski definition) is 2. The standard InChI is InChI=1S/C14H20N4S/c1-3-6-11(4-2)17-14-12(13(15)18-19-14)10-7-5-8-16-9-10/h5,7-9,11,17H,3-4,6H2,1-2H3,(H2,15,18). The van der Waals surface area contributed by atoms with E-state index in [9.17, 15) is 0 Å². The van der Waals surface area contributed by atoms with Crippen molar-refractivity contribution >= 4 is 22.4 Å². The van der Waals surface area contributed by atoms with Crippen molar-refractivity contribution in [2.75, 3.05) is 11.1 Å². The van der Waals surface area contributed by atoms with Gasteiger partial charge >= 0.3 is 0 Å². The molecule has 0 fully saturated rings. The number of aromatic nitrogens is 2. The van der Waals surface area contributed by atoms with Crippen molar-refractivity contribution in [2.24, 2.45) is 0 Å². The quantitative estimate of drug-likeness (QED) is 0.842. The van der Waals surface area contributed by atoms with E-state index < -0.39 is 0 Å². The summed E-state index contributed by atoms with van der Waals surface area (Å²) < 4.78 is 4.27. The summed E-state index contributed by atoms with van der Waals surface area (Å²) in [4.78, 5) is 4.15. The number of nitrogens with one attached hydrogen (secondary N) is 1. The van der Waals surface area contributed by atoms with E-state index in [0.717, 1.165) is 29.0 Å². The first-order valence-electron chi connectivity index (χ1n) is 6.68. The van der Waals surface area contributed by atoms with Crippen molar-refractivity contribution in [3.05, 3.63) is 24.5 Å². The highest BCUT2D eigenvalue weighted by Crippen LogP contribution is 2.37. The molecule has 0 aliphatic heterocycles. The fraction of sp³-hybridized carbons (Fsp3) is 0.429. The first-order chi connectivity index (χ1) is 9.26. The van der Waals surface area contributed by atoms with Crippen LogP contribution in [0.15, 0.2) is 24.5 Å². The maximum Gasteiger partial charge on any atom is 0.147 e. The zero-order valence-electron chi connectivity index (χ0n) is 11.4. The first-order valence-corrected chi connectivity index (χ1v) is 7.45. The lowest BCUT2D eigenvalue weighted by Crippen LogP contribution is -2.17. The predicted molar refractivity (Wildman–Crippen MR) is 82.4 cm³/mol. The number of hydrogen-bond acceptors (Lipinski definition) is 5. The minimum absolute atomic E-state index is 0.472. The number of nitrogens with zero attached hydrogens (tertiary/aromatic N) is 2. The predicted octanol–water partition coefficient (Wildman–Crippen LogP) is 3.78. The Morgan fingerprint density at radius 2 is 2.26 bits per heavy atom. The lowest BCUT2D eigenvalue weighted by atomic mass is 10.1. The van der Waals surface area contributed by atoms with Gasteiger partial charge < -0.3 is 11.1 Å². The Hall–Kier alpha value is -1.62. The third-order valence-electron chi connectivity index (χ3n) is 3.13. The Kier molecular flexibility index (Phi) is 4.74. The van der Waals surface area contributed by atoms with Gasteiger partial charge in [-0.3, -0.25) is 4.98 Å². The van der Waals surface area contributed by atoms with Gasteiger partial charge in [0.25, 0.3) is 0 Å². The smallest absolute Gasteiger partial charge is 0.147 e. The number of rotatable bonds is 6. The van der Waals surface area contributed by atoms with E-state index in [1.54, 1.807) is 6.20 Å². The molecular formula is C14H20N4S. The monoisotopic (exact) mass is 276 g/mol. The molecule has 0 spiro atoms. The van der Waals surface area contributed by atoms with Gasteiger partial charge in [0.1, 0.15) is 10.8 Å². The second kappa shape index (κ2) is 6.52. The number of pyridine rings is 1. The van der Waals surface area contributed by atoms with Crippen LogP contribution in [0.1, 0.15) is 33.1 Å². The Morgan fingerprint density at radius 1 is 1.42 bits per heavy atom. The second-order valence-electron chi connectivity index (χ2n) is 4.55. The van der Waals surface area contributed by atoms with Crippen molar-refractivity contribution in [1.82, 2.24) is 9.36 Å². The largest absolute Gasteiger partial charge is 0.382 e. The van der Waals surface area contributed by atoms with Crippen molar-refractivity contribution in [3.63, 3.8) is 0 Å². The van der Waals surface area contributed by atoms with Crippen LogP contribution in [0.2, 0.25) is 0 Å². The summed E-state index contributed by atoms with van der Waals surface area (Å²) in [5.74, 6) is 0.576. The second-order valence-corrected chi connectivity index (χ2v) is 5.33. The molecule has 1 atom stereocenters. The summed E-state index contributed by atoms with van der Waals surface area (Å²) in [6.45, 7) is 4.40. The van der Waals surface area contributed by atoms with Crippen molar-refractivity contribution in [2.45, 2.75) is 39.2 Å². The molecule has 0 saturated carbocycles. The van der Waals surface area contributed by atoms with Gasteiger partial charge in [-0.05, 0) is 30.4 Å². The van der Waals surface area contributed by atoms with Crippen LogP contribution in [-0.2, 0) is 0 Å². The molecule has 0 saturated heterocycles. The molecule has 0 amide bonds. The topological polar surface area (TPSA) is 63.8 Å². The van der Waals surface area contributed by atoms with Gasteiger partial charge in [-0.25, -0.2) is 0 Å². The molecule has 102 valence electrons. The zero-order valence-corrected chi connectivity index (χ0v) is 12.2. The van der Waals surface area contributed by atoms with Crippen LogP contribution in [0, 0.1) is 0 Å². The summed E-state index contributed by atoms with van der Waals surface area (Å²) in [6, 6.07) is 4.40. The van der Waals surface area contributed by atoms with Crippen LogP contribution in [0.5, 0.6) is 0 Å². The third kappa shape index (κ3) is 3.23. The van der Waals surface area contributed by atoms with Gasteiger partial charge in [0, 0.05) is 24.0 Å². The number of nitrogen functional groups attached to an aromatic ring is 1. The molecule has 0 aliphatic carbocycles. The molecule has 0 aliphatic rings. The fourth-order valence-corrected chi connectivity index (χ4v) is 2.92. The van der Waals surface area contributed by atoms with Crippen LogP contribution >= 0.6 is 11.5 Å². The van der Waals surface area contributed by atoms with E-state index in [2.05, 4.69) is 28.5 Å². The minimum Gasteiger partial charge on any atom is -0.382 e. The van der Waals surface area contributed by atoms with Crippen LogP contribution in [0.4, 0.5) is 10.8 Å². The van der Waals surface area contributed by atoms with Crippen LogP contribution in [0.3, 0.4) is 0 Å². The van der Waals surface area contributed by atoms with Crippen molar-refractivity contribution in [1.29, 1.82) is 0 Å². The van der Waals surface area contributed by atoms with E-state index in [4.69, 9.17) is 5.73 Å². The molecule has 19 heavy (non-hydrogen) atoms. The lowest BCUT2D eigenvalue weighted by molar-refractivity contribution is 0.624. The minimum atomic E-state index is 0.472. The number of nitrogens with two attached hydrogens (primary N) is 1. The summed E-state index contributed by atoms with van der Waals surface area (Å²) >= 11 is 1.43. The summed E-state index contributed by atoms with van der Waals surface area (Å²) in [7, 11) is 0. The molecule has 0 aromatic carbocycles. The Balaban J connectivity index is 2.28. The molecule has 2 rings (SSSR count). The SMILES string of the molecule is CCCC(CC)Nc1snc(N)c1-c1cccnc1. The Labute approximate surface area is 118 Å². The van der Waals surface area contributed by atoms with E-state index in [-0.39, 0.29) is 0 Å². The maximum atomic E-state index is 6.00. The van der Waals surface area contributed by atoms with Gasteiger partial charge in [0.2, 0.25) is 0 Å². The van der Waals surface area contributed by atoms with Crippen LogP contribution in [-0.4, -0.2) is 15.4 Å². The molecule has 3 N–H and O–H groups in total. The average molecular weight is 276 g/mol. The molecule has 5 heteroatoms. The maximum absolute atomic E-state index is 6.00. The first kappa shape index (κ1) is 13.8. The van der Waals surface area contributed by atoms with E-state index in [1.165, 1.54) is 18.0 Å². The highest BCUT2D eigenvalue weighted by Gasteiger charge is 2.16. The molecule has 0 bridgehead atoms. The summed E-state index contributed by atoms with van der Waals surface area (Å²) in [5, 5.41) is 4.61. The highest BCUT2D eigenvalue weighted by molar-refractivity contribution is 7.11. The molecule has 4 nitrogen and oxygen atoms in total. The summed E-state index contributed by atoms with van der Waals surface area (Å²) in [6.07, 6.45) is 7.01. The molecule has 2 heterocycles. The Bertz CT molecular complexity index is 509. The molecular weight excluding hydrogens is 256 g/mol. The van der Waals surface area contributed by atoms with Crippen molar-refractivity contribution in [3.8, 4) is 11.1 Å². The molecule has 2 aromatic heterocycles. The van der Waals surface area contributed by atoms with Crippen molar-refractivity contribution < 1.29 is 0 Å². The average Bonchev–Trinajstić information content (AvgIpc) is 2.80. The van der Waals surface area contributed by atoms with Gasteiger partial charge in [0.05, 0.1) is 5.56 Å². The van der Waals surface area contributed by atoms with Crippen LogP contribution in [0.25, 0.3) is 11.1 Å². The van der Waals surface area contributed by atoms with E-state index in [1.807, 2.05) is 18.3 Å². The molecule has 0 radical (unpaired) electrons. The fourth-order valence-electron chi connectivity index (χ4n) is 2.10. The third-order valence-corrected chi connectivity index (χ3v) is 3.93. The van der Waals surface area contributed by atoms with E-state index in [0.29, 0.717) is 11.9 Å². The molecule has 1 unspecified atom stereocenters. The zero-order chi connectivity index (χ0) is 13.7. The molecule has 2 aromatic rings. The van der Waals surface area contributed by atoms with Gasteiger partial charge in [-0.1, -0.05) is 26.3 Å². The van der Waals surface area contributed by atoms with Gasteiger partial charge in [0.15, 0.2) is 0 Å². The lowest BCUT2D eigenvalue weighted by Gasteiger charge is -2.17. The summed E-state index contributed by atoms with van der Waals surface area (Å²) in [5.41, 5.74) is 7.99. The van der Waals surface area contributed by atoms with E-state index >= 15 is 0 Å². The van der Waals surface area contributed by atoms with Gasteiger partial charge in [-0.2, -0.15) is 4.37 Å². The van der Waals surface area contributed by atoms with Crippen LogP contribution < -0.4 is 11.1 Å². The number of anilines is 2.